The van der Waals surface area contributed by atoms with Gasteiger partial charge in [0.15, 0.2) is 9.84 Å². The second-order valence-corrected chi connectivity index (χ2v) is 8.53. The Hall–Kier alpha value is -1.73. The monoisotopic (exact) mass is 352 g/mol. The zero-order chi connectivity index (χ0) is 17.0. The highest BCUT2D eigenvalue weighted by atomic mass is 32.2. The van der Waals surface area contributed by atoms with Gasteiger partial charge in [-0.15, -0.1) is 11.3 Å². The number of carbonyl (C=O) groups excluding carboxylic acids is 1. The molecule has 1 heterocycles. The molecule has 1 N–H and O–H groups in total. The van der Waals surface area contributed by atoms with E-state index in [1.54, 1.807) is 23.5 Å². The third-order valence-corrected chi connectivity index (χ3v) is 5.70. The van der Waals surface area contributed by atoms with Gasteiger partial charge in [-0.05, 0) is 24.6 Å². The van der Waals surface area contributed by atoms with Crippen LogP contribution in [0, 0.1) is 6.92 Å². The van der Waals surface area contributed by atoms with E-state index in [9.17, 15) is 13.2 Å². The van der Waals surface area contributed by atoms with Gasteiger partial charge in [-0.2, -0.15) is 0 Å². The summed E-state index contributed by atoms with van der Waals surface area (Å²) >= 11 is 1.60. The summed E-state index contributed by atoms with van der Waals surface area (Å²) in [5.41, 5.74) is 1.78. The minimum absolute atomic E-state index is 0.0859. The summed E-state index contributed by atoms with van der Waals surface area (Å²) in [6, 6.07) is 6.39. The zero-order valence-electron chi connectivity index (χ0n) is 13.4. The van der Waals surface area contributed by atoms with Crippen molar-refractivity contribution in [2.45, 2.75) is 31.1 Å². The van der Waals surface area contributed by atoms with E-state index in [0.29, 0.717) is 6.54 Å². The quantitative estimate of drug-likeness (QED) is 0.865. The molecule has 1 aromatic carbocycles. The van der Waals surface area contributed by atoms with E-state index in [0.717, 1.165) is 22.5 Å². The van der Waals surface area contributed by atoms with E-state index in [2.05, 4.69) is 10.3 Å². The maximum absolute atomic E-state index is 12.0. The number of sulfone groups is 1. The van der Waals surface area contributed by atoms with Crippen LogP contribution >= 0.6 is 11.3 Å². The molecule has 0 saturated heterocycles. The van der Waals surface area contributed by atoms with Gasteiger partial charge in [0, 0.05) is 29.8 Å². The average Bonchev–Trinajstić information content (AvgIpc) is 2.91. The molecule has 124 valence electrons. The molecule has 1 atom stereocenters. The van der Waals surface area contributed by atoms with Crippen molar-refractivity contribution >= 4 is 27.1 Å². The van der Waals surface area contributed by atoms with Crippen LogP contribution in [0.15, 0.2) is 34.5 Å². The molecule has 1 aromatic heterocycles. The second-order valence-electron chi connectivity index (χ2n) is 5.63. The van der Waals surface area contributed by atoms with Gasteiger partial charge in [0.25, 0.3) is 0 Å². The molecule has 0 radical (unpaired) electrons. The van der Waals surface area contributed by atoms with Gasteiger partial charge >= 0.3 is 0 Å². The summed E-state index contributed by atoms with van der Waals surface area (Å²) in [5, 5.41) is 5.90. The molecule has 0 unspecified atom stereocenters. The molecule has 1 amide bonds. The van der Waals surface area contributed by atoms with Crippen molar-refractivity contribution in [3.8, 4) is 0 Å². The van der Waals surface area contributed by atoms with Gasteiger partial charge in [0.05, 0.1) is 16.3 Å². The Morgan fingerprint density at radius 3 is 2.48 bits per heavy atom. The average molecular weight is 352 g/mol. The minimum Gasteiger partial charge on any atom is -0.355 e. The molecular weight excluding hydrogens is 332 g/mol. The molecule has 0 aliphatic heterocycles. The second kappa shape index (κ2) is 7.23. The highest BCUT2D eigenvalue weighted by molar-refractivity contribution is 7.90. The Balaban J connectivity index is 1.87. The van der Waals surface area contributed by atoms with Crippen LogP contribution in [-0.4, -0.2) is 32.1 Å². The van der Waals surface area contributed by atoms with Gasteiger partial charge < -0.3 is 5.32 Å². The van der Waals surface area contributed by atoms with Crippen LogP contribution in [0.3, 0.4) is 0 Å². The van der Waals surface area contributed by atoms with E-state index in [-0.39, 0.29) is 23.1 Å². The van der Waals surface area contributed by atoms with E-state index in [1.807, 2.05) is 19.2 Å². The van der Waals surface area contributed by atoms with Crippen molar-refractivity contribution in [2.75, 3.05) is 12.8 Å². The van der Waals surface area contributed by atoms with Crippen molar-refractivity contribution < 1.29 is 13.2 Å². The fraction of sp³-hybridized carbons (Fsp3) is 0.375. The van der Waals surface area contributed by atoms with E-state index in [4.69, 9.17) is 0 Å². The lowest BCUT2D eigenvalue weighted by Crippen LogP contribution is -2.28. The van der Waals surface area contributed by atoms with Gasteiger partial charge in [-0.3, -0.25) is 4.79 Å². The van der Waals surface area contributed by atoms with Crippen molar-refractivity contribution in [2.24, 2.45) is 0 Å². The summed E-state index contributed by atoms with van der Waals surface area (Å²) in [5.74, 6) is 0.0856. The van der Waals surface area contributed by atoms with Crippen molar-refractivity contribution in [3.63, 3.8) is 0 Å². The number of carbonyl (C=O) groups is 1. The smallest absolute Gasteiger partial charge is 0.224 e. The summed E-state index contributed by atoms with van der Waals surface area (Å²) in [6.45, 7) is 4.51. The van der Waals surface area contributed by atoms with Crippen LogP contribution in [0.2, 0.25) is 0 Å². The minimum atomic E-state index is -3.20. The van der Waals surface area contributed by atoms with Crippen LogP contribution < -0.4 is 5.32 Å². The molecule has 0 bridgehead atoms. The Kier molecular flexibility index (Phi) is 5.54. The normalized spacial score (nSPS) is 12.8. The van der Waals surface area contributed by atoms with Crippen molar-refractivity contribution in [1.82, 2.24) is 10.3 Å². The van der Waals surface area contributed by atoms with Crippen LogP contribution in [0.4, 0.5) is 0 Å². The number of aryl methyl sites for hydroxylation is 1. The van der Waals surface area contributed by atoms with Gasteiger partial charge in [-0.1, -0.05) is 19.1 Å². The lowest BCUT2D eigenvalue weighted by atomic mass is 10.1. The largest absolute Gasteiger partial charge is 0.355 e. The summed E-state index contributed by atoms with van der Waals surface area (Å²) < 4.78 is 22.8. The lowest BCUT2D eigenvalue weighted by Gasteiger charge is -2.10. The molecule has 23 heavy (non-hydrogen) atoms. The topological polar surface area (TPSA) is 76.1 Å². The standard InChI is InChI=1S/C16H20N2O3S2/c1-11(16-18-12(2)10-22-16)9-17-15(19)8-13-4-6-14(7-5-13)23(3,20)21/h4-7,10-11H,8-9H2,1-3H3,(H,17,19)/t11-/m0/s1. The number of nitrogens with zero attached hydrogens (tertiary/aromatic N) is 1. The lowest BCUT2D eigenvalue weighted by molar-refractivity contribution is -0.120. The number of benzene rings is 1. The number of hydrogen-bond acceptors (Lipinski definition) is 5. The molecule has 0 fully saturated rings. The predicted molar refractivity (Wildman–Crippen MR) is 91.5 cm³/mol. The molecule has 2 rings (SSSR count). The van der Waals surface area contributed by atoms with E-state index in [1.165, 1.54) is 12.1 Å². The molecule has 5 nitrogen and oxygen atoms in total. The first-order valence-corrected chi connectivity index (χ1v) is 10.0. The Labute approximate surface area is 140 Å². The number of nitrogens with one attached hydrogen (secondary N) is 1. The van der Waals surface area contributed by atoms with E-state index < -0.39 is 9.84 Å². The fourth-order valence-electron chi connectivity index (χ4n) is 2.06. The molecular formula is C16H20N2O3S2. The Morgan fingerprint density at radius 2 is 1.96 bits per heavy atom. The number of aromatic nitrogens is 1. The Bertz CT molecular complexity index is 780. The highest BCUT2D eigenvalue weighted by Gasteiger charge is 2.12. The first kappa shape index (κ1) is 17.6. The fourth-order valence-corrected chi connectivity index (χ4v) is 3.54. The predicted octanol–water partition coefficient (Wildman–Crippen LogP) is 2.32. The highest BCUT2D eigenvalue weighted by Crippen LogP contribution is 2.19. The zero-order valence-corrected chi connectivity index (χ0v) is 15.0. The third kappa shape index (κ3) is 5.14. The number of hydrogen-bond donors (Lipinski definition) is 1. The van der Waals surface area contributed by atoms with Crippen LogP contribution in [0.5, 0.6) is 0 Å². The van der Waals surface area contributed by atoms with Gasteiger partial charge in [0.2, 0.25) is 5.91 Å². The molecule has 0 saturated carbocycles. The molecule has 0 spiro atoms. The first-order chi connectivity index (χ1) is 10.8. The van der Waals surface area contributed by atoms with Crippen molar-refractivity contribution in [1.29, 1.82) is 0 Å². The first-order valence-electron chi connectivity index (χ1n) is 7.23. The summed E-state index contributed by atoms with van der Waals surface area (Å²) in [7, 11) is -3.20. The maximum Gasteiger partial charge on any atom is 0.224 e. The third-order valence-electron chi connectivity index (χ3n) is 3.38. The van der Waals surface area contributed by atoms with Crippen molar-refractivity contribution in [3.05, 3.63) is 45.9 Å². The summed E-state index contributed by atoms with van der Waals surface area (Å²) in [4.78, 5) is 16.7. The van der Waals surface area contributed by atoms with Gasteiger partial charge in [0.1, 0.15) is 0 Å². The van der Waals surface area contributed by atoms with Crippen LogP contribution in [0.25, 0.3) is 0 Å². The molecule has 7 heteroatoms. The van der Waals surface area contributed by atoms with E-state index >= 15 is 0 Å². The maximum atomic E-state index is 12.0. The Morgan fingerprint density at radius 1 is 1.30 bits per heavy atom. The number of amides is 1. The number of rotatable bonds is 6. The van der Waals surface area contributed by atoms with Gasteiger partial charge in [-0.25, -0.2) is 13.4 Å². The molecule has 0 aliphatic carbocycles. The molecule has 0 aliphatic rings. The molecule has 2 aromatic rings. The summed E-state index contributed by atoms with van der Waals surface area (Å²) in [6.07, 6.45) is 1.39. The van der Waals surface area contributed by atoms with Crippen LogP contribution in [-0.2, 0) is 21.1 Å². The SMILES string of the molecule is Cc1csc([C@@H](C)CNC(=O)Cc2ccc(S(C)(=O)=O)cc2)n1. The number of thiazole rings is 1. The van der Waals surface area contributed by atoms with Crippen LogP contribution in [0.1, 0.15) is 29.1 Å².